The first-order valence-corrected chi connectivity index (χ1v) is 3.34. The molecule has 0 fully saturated rings. The average molecular weight is 167 g/mol. The van der Waals surface area contributed by atoms with E-state index >= 15 is 0 Å². The molecule has 0 spiro atoms. The summed E-state index contributed by atoms with van der Waals surface area (Å²) in [5, 5.41) is 26.5. The van der Waals surface area contributed by atoms with E-state index in [-0.39, 0.29) is 5.69 Å². The third-order valence-electron chi connectivity index (χ3n) is 1.46. The highest BCUT2D eigenvalue weighted by atomic mass is 16.5. The summed E-state index contributed by atoms with van der Waals surface area (Å²) in [5.74, 6) is 2.09. The van der Waals surface area contributed by atoms with E-state index in [1.165, 1.54) is 12.1 Å². The Labute approximate surface area is 69.5 Å². The lowest BCUT2D eigenvalue weighted by Gasteiger charge is -2.00. The summed E-state index contributed by atoms with van der Waals surface area (Å²) in [6, 6.07) is 2.94. The van der Waals surface area contributed by atoms with Crippen molar-refractivity contribution in [1.82, 2.24) is 4.98 Å². The zero-order chi connectivity index (χ0) is 9.14. The molecule has 4 heteroatoms. The van der Waals surface area contributed by atoms with E-state index in [0.717, 1.165) is 0 Å². The minimum absolute atomic E-state index is 0.208. The first-order chi connectivity index (χ1) is 5.65. The third-order valence-corrected chi connectivity index (χ3v) is 1.46. The Morgan fingerprint density at radius 2 is 1.83 bits per heavy atom. The number of terminal acetylenes is 1. The molecule has 1 aromatic rings. The number of aliphatic hydroxyl groups excluding tert-OH is 2. The molecule has 1 heterocycles. The quantitative estimate of drug-likeness (QED) is 0.359. The van der Waals surface area contributed by atoms with Crippen LogP contribution in [0.5, 0.6) is 0 Å². The van der Waals surface area contributed by atoms with Gasteiger partial charge in [0, 0.05) is 0 Å². The minimum Gasteiger partial charge on any atom is -0.375 e. The lowest BCUT2D eigenvalue weighted by Crippen LogP contribution is -1.97. The van der Waals surface area contributed by atoms with E-state index in [9.17, 15) is 0 Å². The van der Waals surface area contributed by atoms with Gasteiger partial charge in [-0.2, -0.15) is 0 Å². The Hall–Kier alpha value is -1.28. The maximum atomic E-state index is 9.09. The molecule has 0 saturated heterocycles. The molecule has 0 amide bonds. The van der Waals surface area contributed by atoms with Gasteiger partial charge in [0.05, 0.1) is 11.4 Å². The van der Waals surface area contributed by atoms with Crippen LogP contribution in [0.4, 0.5) is 0 Å². The molecule has 0 aromatic carbocycles. The number of nitrogens with one attached hydrogen (secondary N) is 1. The van der Waals surface area contributed by atoms with Crippen molar-refractivity contribution >= 4 is 0 Å². The maximum absolute atomic E-state index is 9.09. The number of aliphatic hydroxyl groups is 3. The first kappa shape index (κ1) is 8.81. The van der Waals surface area contributed by atoms with E-state index in [2.05, 4.69) is 10.9 Å². The van der Waals surface area contributed by atoms with Gasteiger partial charge in [-0.3, -0.25) is 0 Å². The summed E-state index contributed by atoms with van der Waals surface area (Å²) in [6.45, 7) is 0. The zero-order valence-corrected chi connectivity index (χ0v) is 6.23. The number of aromatic nitrogens is 1. The van der Waals surface area contributed by atoms with E-state index in [0.29, 0.717) is 5.69 Å². The van der Waals surface area contributed by atoms with Crippen molar-refractivity contribution in [3.8, 4) is 12.3 Å². The van der Waals surface area contributed by atoms with E-state index in [4.69, 9.17) is 21.7 Å². The molecule has 1 aromatic heterocycles. The summed E-state index contributed by atoms with van der Waals surface area (Å²) in [5.41, 5.74) is 0.583. The minimum atomic E-state index is -1.57. The molecular formula is C8H9NO3. The highest BCUT2D eigenvalue weighted by Crippen LogP contribution is 2.14. The summed E-state index contributed by atoms with van der Waals surface area (Å²) in [4.78, 5) is 2.57. The van der Waals surface area contributed by atoms with Crippen LogP contribution in [0.1, 0.15) is 23.8 Å². The van der Waals surface area contributed by atoms with Crippen LogP contribution in [-0.4, -0.2) is 20.3 Å². The van der Waals surface area contributed by atoms with Gasteiger partial charge in [0.1, 0.15) is 0 Å². The molecule has 1 atom stereocenters. The van der Waals surface area contributed by atoms with E-state index < -0.39 is 12.4 Å². The van der Waals surface area contributed by atoms with Gasteiger partial charge in [0.25, 0.3) is 0 Å². The van der Waals surface area contributed by atoms with Gasteiger partial charge in [0.2, 0.25) is 0 Å². The van der Waals surface area contributed by atoms with Crippen molar-refractivity contribution < 1.29 is 15.3 Å². The van der Waals surface area contributed by atoms with Gasteiger partial charge in [-0.25, -0.2) is 0 Å². The molecule has 1 unspecified atom stereocenters. The summed E-state index contributed by atoms with van der Waals surface area (Å²) in [6.07, 6.45) is 2.35. The number of aromatic amines is 1. The fraction of sp³-hybridized carbons (Fsp3) is 0.250. The van der Waals surface area contributed by atoms with Gasteiger partial charge in [-0.1, -0.05) is 5.92 Å². The van der Waals surface area contributed by atoms with Crippen LogP contribution in [0, 0.1) is 12.3 Å². The highest BCUT2D eigenvalue weighted by Gasteiger charge is 2.09. The predicted molar refractivity (Wildman–Crippen MR) is 41.8 cm³/mol. The summed E-state index contributed by atoms with van der Waals surface area (Å²) >= 11 is 0. The SMILES string of the molecule is C#CC(O)c1ccc(C(O)O)[nH]1. The predicted octanol–water partition coefficient (Wildman–Crippen LogP) is -0.336. The first-order valence-electron chi connectivity index (χ1n) is 3.34. The monoisotopic (exact) mass is 167 g/mol. The number of H-pyrrole nitrogens is 1. The fourth-order valence-electron chi connectivity index (χ4n) is 0.829. The van der Waals surface area contributed by atoms with Crippen molar-refractivity contribution in [3.63, 3.8) is 0 Å². The zero-order valence-electron chi connectivity index (χ0n) is 6.23. The molecule has 0 aliphatic rings. The fourth-order valence-corrected chi connectivity index (χ4v) is 0.829. The lowest BCUT2D eigenvalue weighted by atomic mass is 10.3. The molecular weight excluding hydrogens is 158 g/mol. The molecule has 4 nitrogen and oxygen atoms in total. The largest absolute Gasteiger partial charge is 0.375 e. The Kier molecular flexibility index (Phi) is 2.51. The van der Waals surface area contributed by atoms with Crippen LogP contribution in [-0.2, 0) is 0 Å². The number of hydrogen-bond donors (Lipinski definition) is 4. The molecule has 1 rings (SSSR count). The van der Waals surface area contributed by atoms with Crippen LogP contribution >= 0.6 is 0 Å². The Bertz CT molecular complexity index is 297. The molecule has 4 N–H and O–H groups in total. The van der Waals surface area contributed by atoms with Crippen LogP contribution in [0.3, 0.4) is 0 Å². The van der Waals surface area contributed by atoms with Gasteiger partial charge in [-0.05, 0) is 12.1 Å². The van der Waals surface area contributed by atoms with Crippen LogP contribution in [0.2, 0.25) is 0 Å². The van der Waals surface area contributed by atoms with Crippen molar-refractivity contribution in [2.24, 2.45) is 0 Å². The topological polar surface area (TPSA) is 76.5 Å². The van der Waals surface area contributed by atoms with Gasteiger partial charge < -0.3 is 20.3 Å². The second-order valence-corrected chi connectivity index (χ2v) is 2.31. The second kappa shape index (κ2) is 3.41. The van der Waals surface area contributed by atoms with Crippen LogP contribution < -0.4 is 0 Å². The van der Waals surface area contributed by atoms with Crippen LogP contribution in [0.15, 0.2) is 12.1 Å². The Morgan fingerprint density at radius 1 is 1.25 bits per heavy atom. The molecule has 0 saturated carbocycles. The van der Waals surface area contributed by atoms with Crippen LogP contribution in [0.25, 0.3) is 0 Å². The van der Waals surface area contributed by atoms with Crippen molar-refractivity contribution in [3.05, 3.63) is 23.5 Å². The second-order valence-electron chi connectivity index (χ2n) is 2.31. The summed E-state index contributed by atoms with van der Waals surface area (Å²) < 4.78 is 0. The van der Waals surface area contributed by atoms with Gasteiger partial charge in [-0.15, -0.1) is 6.42 Å². The normalized spacial score (nSPS) is 12.9. The van der Waals surface area contributed by atoms with Gasteiger partial charge in [0.15, 0.2) is 12.4 Å². The Morgan fingerprint density at radius 3 is 2.25 bits per heavy atom. The molecule has 0 aliphatic carbocycles. The number of hydrogen-bond acceptors (Lipinski definition) is 3. The Balaban J connectivity index is 2.86. The molecule has 0 radical (unpaired) electrons. The smallest absolute Gasteiger partial charge is 0.193 e. The maximum Gasteiger partial charge on any atom is 0.193 e. The lowest BCUT2D eigenvalue weighted by molar-refractivity contribution is -0.0456. The third kappa shape index (κ3) is 1.66. The standard InChI is InChI=1S/C8H9NO3/c1-2-7(10)5-3-4-6(9-5)8(11)12/h1,3-4,7-12H. The average Bonchev–Trinajstić information content (AvgIpc) is 2.51. The summed E-state index contributed by atoms with van der Waals surface area (Å²) in [7, 11) is 0. The van der Waals surface area contributed by atoms with Crippen molar-refractivity contribution in [1.29, 1.82) is 0 Å². The van der Waals surface area contributed by atoms with Crippen molar-refractivity contribution in [2.45, 2.75) is 12.4 Å². The molecule has 64 valence electrons. The van der Waals surface area contributed by atoms with Crippen molar-refractivity contribution in [2.75, 3.05) is 0 Å². The van der Waals surface area contributed by atoms with E-state index in [1.54, 1.807) is 0 Å². The molecule has 0 bridgehead atoms. The number of rotatable bonds is 2. The highest BCUT2D eigenvalue weighted by molar-refractivity contribution is 5.20. The van der Waals surface area contributed by atoms with Gasteiger partial charge >= 0.3 is 0 Å². The van der Waals surface area contributed by atoms with E-state index in [1.807, 2.05) is 0 Å². The molecule has 0 aliphatic heterocycles. The molecule has 12 heavy (non-hydrogen) atoms.